The van der Waals surface area contributed by atoms with E-state index in [2.05, 4.69) is 5.10 Å². The van der Waals surface area contributed by atoms with Crippen LogP contribution in [-0.2, 0) is 19.7 Å². The summed E-state index contributed by atoms with van der Waals surface area (Å²) in [6.45, 7) is 9.17. The van der Waals surface area contributed by atoms with Gasteiger partial charge in [0.15, 0.2) is 5.75 Å². The van der Waals surface area contributed by atoms with Gasteiger partial charge in [0, 0.05) is 43.0 Å². The predicted octanol–water partition coefficient (Wildman–Crippen LogP) is 4.59. The van der Waals surface area contributed by atoms with Gasteiger partial charge in [0.25, 0.3) is 5.91 Å². The van der Waals surface area contributed by atoms with Crippen LogP contribution < -0.4 is 4.74 Å². The van der Waals surface area contributed by atoms with Crippen LogP contribution in [0.15, 0.2) is 42.5 Å². The van der Waals surface area contributed by atoms with Gasteiger partial charge in [-0.3, -0.25) is 19.6 Å². The van der Waals surface area contributed by atoms with E-state index >= 15 is 0 Å². The van der Waals surface area contributed by atoms with E-state index in [0.717, 1.165) is 34.6 Å². The van der Waals surface area contributed by atoms with Crippen LogP contribution in [0.3, 0.4) is 0 Å². The molecule has 0 spiro atoms. The van der Waals surface area contributed by atoms with Crippen LogP contribution in [0.25, 0.3) is 0 Å². The topological polar surface area (TPSA) is 90.5 Å². The van der Waals surface area contributed by atoms with Crippen molar-refractivity contribution in [1.82, 2.24) is 14.7 Å². The van der Waals surface area contributed by atoms with Gasteiger partial charge in [-0.1, -0.05) is 18.2 Å². The minimum atomic E-state index is -0.456. The number of rotatable bonds is 8. The number of nitro benzene ring substituents is 1. The van der Waals surface area contributed by atoms with Crippen molar-refractivity contribution in [2.45, 2.75) is 47.4 Å². The molecule has 0 N–H and O–H groups in total. The van der Waals surface area contributed by atoms with Crippen molar-refractivity contribution < 1.29 is 14.5 Å². The number of carbonyl (C=O) groups excluding carboxylic acids is 1. The number of aromatic nitrogens is 2. The average Bonchev–Trinajstić information content (AvgIpc) is 3.05. The molecule has 0 bridgehead atoms. The summed E-state index contributed by atoms with van der Waals surface area (Å²) in [5, 5.41) is 15.8. The molecule has 1 heterocycles. The first-order chi connectivity index (χ1) is 15.2. The number of hydrogen-bond acceptors (Lipinski definition) is 5. The molecule has 3 aromatic rings. The Morgan fingerprint density at radius 3 is 2.59 bits per heavy atom. The monoisotopic (exact) mass is 436 g/mol. The van der Waals surface area contributed by atoms with Gasteiger partial charge >= 0.3 is 5.69 Å². The zero-order valence-corrected chi connectivity index (χ0v) is 19.1. The molecule has 32 heavy (non-hydrogen) atoms. The Balaban J connectivity index is 1.72. The Labute approximate surface area is 187 Å². The summed E-state index contributed by atoms with van der Waals surface area (Å²) in [7, 11) is 1.77. The number of nitro groups is 1. The van der Waals surface area contributed by atoms with Gasteiger partial charge in [0.05, 0.1) is 10.6 Å². The van der Waals surface area contributed by atoms with E-state index in [1.54, 1.807) is 49.2 Å². The first-order valence-electron chi connectivity index (χ1n) is 10.5. The smallest absolute Gasteiger partial charge is 0.311 e. The molecule has 8 nitrogen and oxygen atoms in total. The first kappa shape index (κ1) is 23.0. The van der Waals surface area contributed by atoms with Crippen LogP contribution in [0.2, 0.25) is 0 Å². The minimum Gasteiger partial charge on any atom is -0.482 e. The summed E-state index contributed by atoms with van der Waals surface area (Å²) >= 11 is 0. The Kier molecular flexibility index (Phi) is 6.92. The SMILES string of the molecule is CCn1nc(C)c(CN(C)C(=O)c2cccc(COc3ccc(C)cc3[N+](=O)[O-])c2)c1C. The number of carbonyl (C=O) groups is 1. The van der Waals surface area contributed by atoms with E-state index in [-0.39, 0.29) is 24.0 Å². The van der Waals surface area contributed by atoms with E-state index in [0.29, 0.717) is 12.1 Å². The molecule has 3 rings (SSSR count). The summed E-state index contributed by atoms with van der Waals surface area (Å²) in [4.78, 5) is 25.5. The molecule has 0 saturated carbocycles. The quantitative estimate of drug-likeness (QED) is 0.381. The number of benzene rings is 2. The summed E-state index contributed by atoms with van der Waals surface area (Å²) in [5.74, 6) is 0.0875. The molecule has 168 valence electrons. The maximum absolute atomic E-state index is 13.0. The minimum absolute atomic E-state index is 0.0738. The van der Waals surface area contributed by atoms with Crippen LogP contribution >= 0.6 is 0 Å². The molecule has 0 radical (unpaired) electrons. The molecule has 0 aliphatic heterocycles. The third kappa shape index (κ3) is 4.96. The Morgan fingerprint density at radius 1 is 1.19 bits per heavy atom. The van der Waals surface area contributed by atoms with E-state index in [4.69, 9.17) is 4.74 Å². The van der Waals surface area contributed by atoms with Gasteiger partial charge in [-0.25, -0.2) is 0 Å². The molecule has 1 amide bonds. The fraction of sp³-hybridized carbons (Fsp3) is 0.333. The molecule has 0 fully saturated rings. The van der Waals surface area contributed by atoms with E-state index < -0.39 is 4.92 Å². The maximum Gasteiger partial charge on any atom is 0.311 e. The second kappa shape index (κ2) is 9.64. The van der Waals surface area contributed by atoms with Crippen molar-refractivity contribution in [3.8, 4) is 5.75 Å². The van der Waals surface area contributed by atoms with Crippen LogP contribution in [0.1, 0.15) is 45.4 Å². The second-order valence-corrected chi connectivity index (χ2v) is 7.84. The molecular formula is C24H28N4O4. The Bertz CT molecular complexity index is 1150. The average molecular weight is 437 g/mol. The number of ether oxygens (including phenoxy) is 1. The number of hydrogen-bond donors (Lipinski definition) is 0. The third-order valence-electron chi connectivity index (χ3n) is 5.45. The molecule has 0 saturated heterocycles. The molecule has 8 heteroatoms. The number of amides is 1. The normalized spacial score (nSPS) is 10.8. The molecule has 0 unspecified atom stereocenters. The predicted molar refractivity (Wildman–Crippen MR) is 122 cm³/mol. The Morgan fingerprint density at radius 2 is 1.94 bits per heavy atom. The summed E-state index contributed by atoms with van der Waals surface area (Å²) in [6, 6.07) is 12.0. The van der Waals surface area contributed by atoms with Gasteiger partial charge in [-0.2, -0.15) is 5.10 Å². The van der Waals surface area contributed by atoms with Crippen LogP contribution in [0, 0.1) is 30.9 Å². The van der Waals surface area contributed by atoms with Gasteiger partial charge in [0.2, 0.25) is 0 Å². The highest BCUT2D eigenvalue weighted by atomic mass is 16.6. The van der Waals surface area contributed by atoms with E-state index in [9.17, 15) is 14.9 Å². The highest BCUT2D eigenvalue weighted by Crippen LogP contribution is 2.28. The fourth-order valence-electron chi connectivity index (χ4n) is 3.65. The van der Waals surface area contributed by atoms with Crippen LogP contribution in [0.5, 0.6) is 5.75 Å². The zero-order chi connectivity index (χ0) is 23.4. The van der Waals surface area contributed by atoms with Crippen molar-refractivity contribution in [3.63, 3.8) is 0 Å². The third-order valence-corrected chi connectivity index (χ3v) is 5.45. The summed E-state index contributed by atoms with van der Waals surface area (Å²) < 4.78 is 7.64. The molecule has 0 atom stereocenters. The lowest BCUT2D eigenvalue weighted by Gasteiger charge is -2.18. The van der Waals surface area contributed by atoms with Gasteiger partial charge in [-0.05, 0) is 57.0 Å². The lowest BCUT2D eigenvalue weighted by Crippen LogP contribution is -2.26. The first-order valence-corrected chi connectivity index (χ1v) is 10.5. The van der Waals surface area contributed by atoms with E-state index in [1.807, 2.05) is 31.5 Å². The molecular weight excluding hydrogens is 408 g/mol. The zero-order valence-electron chi connectivity index (χ0n) is 19.1. The maximum atomic E-state index is 13.0. The molecule has 1 aromatic heterocycles. The molecule has 0 aliphatic carbocycles. The second-order valence-electron chi connectivity index (χ2n) is 7.84. The largest absolute Gasteiger partial charge is 0.482 e. The van der Waals surface area contributed by atoms with Gasteiger partial charge in [-0.15, -0.1) is 0 Å². The standard InChI is InChI=1S/C24H28N4O4/c1-6-27-18(4)21(17(3)25-27)14-26(5)24(29)20-9-7-8-19(13-20)15-32-23-11-10-16(2)12-22(23)28(30)31/h7-13H,6,14-15H2,1-5H3. The van der Waals surface area contributed by atoms with Crippen molar-refractivity contribution in [3.05, 3.63) is 86.2 Å². The van der Waals surface area contributed by atoms with Crippen molar-refractivity contribution in [2.75, 3.05) is 7.05 Å². The van der Waals surface area contributed by atoms with Crippen molar-refractivity contribution in [1.29, 1.82) is 0 Å². The van der Waals surface area contributed by atoms with Gasteiger partial charge in [0.1, 0.15) is 6.61 Å². The molecule has 2 aromatic carbocycles. The number of nitrogens with zero attached hydrogens (tertiary/aromatic N) is 4. The fourth-order valence-corrected chi connectivity index (χ4v) is 3.65. The van der Waals surface area contributed by atoms with Crippen LogP contribution in [0.4, 0.5) is 5.69 Å². The lowest BCUT2D eigenvalue weighted by atomic mass is 10.1. The van der Waals surface area contributed by atoms with E-state index in [1.165, 1.54) is 6.07 Å². The van der Waals surface area contributed by atoms with Gasteiger partial charge < -0.3 is 9.64 Å². The van der Waals surface area contributed by atoms with Crippen molar-refractivity contribution >= 4 is 11.6 Å². The molecule has 0 aliphatic rings. The highest BCUT2D eigenvalue weighted by molar-refractivity contribution is 5.94. The number of aryl methyl sites for hydroxylation is 3. The Hall–Kier alpha value is -3.68. The van der Waals surface area contributed by atoms with Crippen molar-refractivity contribution in [2.24, 2.45) is 0 Å². The summed E-state index contributed by atoms with van der Waals surface area (Å²) in [5.41, 5.74) is 5.03. The summed E-state index contributed by atoms with van der Waals surface area (Å²) in [6.07, 6.45) is 0. The lowest BCUT2D eigenvalue weighted by molar-refractivity contribution is -0.386. The highest BCUT2D eigenvalue weighted by Gasteiger charge is 2.18. The van der Waals surface area contributed by atoms with Crippen LogP contribution in [-0.4, -0.2) is 32.6 Å².